The number of hydrogen-bond acceptors (Lipinski definition) is 3. The van der Waals surface area contributed by atoms with Crippen molar-refractivity contribution in [2.45, 2.75) is 31.6 Å². The normalized spacial score (nSPS) is 21.8. The lowest BCUT2D eigenvalue weighted by Crippen LogP contribution is -2.38. The summed E-state index contributed by atoms with van der Waals surface area (Å²) in [6, 6.07) is 13.9. The Labute approximate surface area is 204 Å². The number of carbonyl (C=O) groups excluding carboxylic acids is 1. The Kier molecular flexibility index (Phi) is 6.79. The van der Waals surface area contributed by atoms with Crippen LogP contribution in [-0.2, 0) is 0 Å². The van der Waals surface area contributed by atoms with Gasteiger partial charge in [0.15, 0.2) is 0 Å². The molecule has 0 saturated carbocycles. The number of halogens is 2. The van der Waals surface area contributed by atoms with E-state index in [0.29, 0.717) is 42.0 Å². The zero-order chi connectivity index (χ0) is 23.7. The van der Waals surface area contributed by atoms with Crippen molar-refractivity contribution in [3.05, 3.63) is 93.2 Å². The summed E-state index contributed by atoms with van der Waals surface area (Å²) in [5, 5.41) is 4.29. The third-order valence-electron chi connectivity index (χ3n) is 7.62. The van der Waals surface area contributed by atoms with Gasteiger partial charge in [-0.1, -0.05) is 18.2 Å². The molecule has 2 fully saturated rings. The van der Waals surface area contributed by atoms with Gasteiger partial charge in [0.1, 0.15) is 11.6 Å². The highest BCUT2D eigenvalue weighted by Gasteiger charge is 2.38. The Morgan fingerprint density at radius 2 is 1.76 bits per heavy atom. The van der Waals surface area contributed by atoms with Gasteiger partial charge < -0.3 is 9.80 Å². The average molecular weight is 481 g/mol. The minimum atomic E-state index is -0.333. The first-order chi connectivity index (χ1) is 16.5. The lowest BCUT2D eigenvalue weighted by Gasteiger charge is -2.34. The highest BCUT2D eigenvalue weighted by Crippen LogP contribution is 2.37. The van der Waals surface area contributed by atoms with Gasteiger partial charge in [-0.2, -0.15) is 11.3 Å². The second kappa shape index (κ2) is 9.96. The Hall–Kier alpha value is -2.57. The molecule has 178 valence electrons. The van der Waals surface area contributed by atoms with Crippen molar-refractivity contribution < 1.29 is 13.6 Å². The SMILES string of the molecule is Cc1c(F)cccc1C(=O)N1CC(CN2CCC(c3ccc(F)cc3)CC2)C(c2ccsc2)C1. The summed E-state index contributed by atoms with van der Waals surface area (Å²) >= 11 is 1.69. The zero-order valence-corrected chi connectivity index (χ0v) is 20.2. The molecular formula is C28H30F2N2OS. The zero-order valence-electron chi connectivity index (χ0n) is 19.4. The number of carbonyl (C=O) groups is 1. The van der Waals surface area contributed by atoms with Gasteiger partial charge in [-0.05, 0) is 102 Å². The van der Waals surface area contributed by atoms with Gasteiger partial charge in [-0.15, -0.1) is 0 Å². The second-order valence-electron chi connectivity index (χ2n) is 9.67. The van der Waals surface area contributed by atoms with Crippen LogP contribution in [0.25, 0.3) is 0 Å². The molecule has 3 aromatic rings. The molecule has 2 aliphatic rings. The van der Waals surface area contributed by atoms with Crippen LogP contribution >= 0.6 is 11.3 Å². The largest absolute Gasteiger partial charge is 0.338 e. The smallest absolute Gasteiger partial charge is 0.254 e. The van der Waals surface area contributed by atoms with Gasteiger partial charge in [0.2, 0.25) is 0 Å². The molecule has 0 aliphatic carbocycles. The number of benzene rings is 2. The molecular weight excluding hydrogens is 450 g/mol. The number of hydrogen-bond donors (Lipinski definition) is 0. The van der Waals surface area contributed by atoms with Crippen LogP contribution in [0.2, 0.25) is 0 Å². The Bertz CT molecular complexity index is 1120. The first kappa shape index (κ1) is 23.2. The van der Waals surface area contributed by atoms with Crippen molar-refractivity contribution in [3.8, 4) is 0 Å². The molecule has 3 nitrogen and oxygen atoms in total. The topological polar surface area (TPSA) is 23.6 Å². The highest BCUT2D eigenvalue weighted by molar-refractivity contribution is 7.08. The van der Waals surface area contributed by atoms with E-state index in [1.54, 1.807) is 42.5 Å². The van der Waals surface area contributed by atoms with Crippen LogP contribution in [0.1, 0.15) is 51.7 Å². The van der Waals surface area contributed by atoms with Crippen molar-refractivity contribution in [1.82, 2.24) is 9.80 Å². The molecule has 2 aliphatic heterocycles. The Morgan fingerprint density at radius 1 is 1.00 bits per heavy atom. The molecule has 0 radical (unpaired) electrons. The molecule has 2 atom stereocenters. The van der Waals surface area contributed by atoms with E-state index in [9.17, 15) is 13.6 Å². The number of likely N-dealkylation sites (tertiary alicyclic amines) is 2. The molecule has 0 N–H and O–H groups in total. The molecule has 3 heterocycles. The van der Waals surface area contributed by atoms with E-state index in [1.165, 1.54) is 17.2 Å². The van der Waals surface area contributed by atoms with E-state index < -0.39 is 0 Å². The third kappa shape index (κ3) is 4.80. The fourth-order valence-corrected chi connectivity index (χ4v) is 6.34. The fourth-order valence-electron chi connectivity index (χ4n) is 5.61. The minimum Gasteiger partial charge on any atom is -0.338 e. The standard InChI is InChI=1S/C28H30F2N2OS/c1-19-25(3-2-4-27(19)30)28(33)32-16-23(26(17-32)22-11-14-34-18-22)15-31-12-9-21(10-13-31)20-5-7-24(29)8-6-20/h2-8,11,14,18,21,23,26H,9-10,12-13,15-17H2,1H3. The summed E-state index contributed by atoms with van der Waals surface area (Å²) in [5.41, 5.74) is 3.40. The van der Waals surface area contributed by atoms with Crippen LogP contribution < -0.4 is 0 Å². The number of nitrogens with zero attached hydrogens (tertiary/aromatic N) is 2. The molecule has 5 rings (SSSR count). The van der Waals surface area contributed by atoms with E-state index in [2.05, 4.69) is 21.7 Å². The molecule has 0 spiro atoms. The maximum absolute atomic E-state index is 14.1. The van der Waals surface area contributed by atoms with Crippen LogP contribution in [0.15, 0.2) is 59.3 Å². The van der Waals surface area contributed by atoms with Crippen LogP contribution in [0.5, 0.6) is 0 Å². The molecule has 2 unspecified atom stereocenters. The van der Waals surface area contributed by atoms with E-state index in [0.717, 1.165) is 32.5 Å². The number of amides is 1. The van der Waals surface area contributed by atoms with Crippen molar-refractivity contribution in [1.29, 1.82) is 0 Å². The van der Waals surface area contributed by atoms with Crippen molar-refractivity contribution in [2.75, 3.05) is 32.7 Å². The summed E-state index contributed by atoms with van der Waals surface area (Å²) < 4.78 is 27.4. The second-order valence-corrected chi connectivity index (χ2v) is 10.5. The molecule has 6 heteroatoms. The maximum Gasteiger partial charge on any atom is 0.254 e. The van der Waals surface area contributed by atoms with Crippen LogP contribution in [0.4, 0.5) is 8.78 Å². The van der Waals surface area contributed by atoms with E-state index in [4.69, 9.17) is 0 Å². The summed E-state index contributed by atoms with van der Waals surface area (Å²) in [5.74, 6) is 0.514. The molecule has 2 saturated heterocycles. The minimum absolute atomic E-state index is 0.0743. The summed E-state index contributed by atoms with van der Waals surface area (Å²) in [6.45, 7) is 5.99. The summed E-state index contributed by atoms with van der Waals surface area (Å²) in [6.07, 6.45) is 2.12. The van der Waals surface area contributed by atoms with E-state index >= 15 is 0 Å². The van der Waals surface area contributed by atoms with Gasteiger partial charge in [-0.25, -0.2) is 8.78 Å². The van der Waals surface area contributed by atoms with Crippen LogP contribution in [0, 0.1) is 24.5 Å². The molecule has 1 amide bonds. The number of thiophene rings is 1. The van der Waals surface area contributed by atoms with Crippen LogP contribution in [0.3, 0.4) is 0 Å². The molecule has 2 aromatic carbocycles. The van der Waals surface area contributed by atoms with E-state index in [-0.39, 0.29) is 17.5 Å². The van der Waals surface area contributed by atoms with Gasteiger partial charge in [-0.3, -0.25) is 4.79 Å². The quantitative estimate of drug-likeness (QED) is 0.443. The molecule has 1 aromatic heterocycles. The average Bonchev–Trinajstić information content (AvgIpc) is 3.52. The summed E-state index contributed by atoms with van der Waals surface area (Å²) in [7, 11) is 0. The first-order valence-corrected chi connectivity index (χ1v) is 13.0. The van der Waals surface area contributed by atoms with E-state index in [1.807, 2.05) is 17.0 Å². The predicted molar refractivity (Wildman–Crippen MR) is 132 cm³/mol. The predicted octanol–water partition coefficient (Wildman–Crippen LogP) is 6.07. The first-order valence-electron chi connectivity index (χ1n) is 12.0. The van der Waals surface area contributed by atoms with Crippen molar-refractivity contribution >= 4 is 17.2 Å². The van der Waals surface area contributed by atoms with Gasteiger partial charge in [0.25, 0.3) is 5.91 Å². The van der Waals surface area contributed by atoms with Gasteiger partial charge >= 0.3 is 0 Å². The van der Waals surface area contributed by atoms with Gasteiger partial charge in [0.05, 0.1) is 0 Å². The fraction of sp³-hybridized carbons (Fsp3) is 0.393. The maximum atomic E-state index is 14.1. The van der Waals surface area contributed by atoms with Crippen molar-refractivity contribution in [3.63, 3.8) is 0 Å². The lowest BCUT2D eigenvalue weighted by molar-refractivity contribution is 0.0780. The van der Waals surface area contributed by atoms with Crippen molar-refractivity contribution in [2.24, 2.45) is 5.92 Å². The number of piperidine rings is 1. The third-order valence-corrected chi connectivity index (χ3v) is 8.32. The Morgan fingerprint density at radius 3 is 2.47 bits per heavy atom. The molecule has 0 bridgehead atoms. The van der Waals surface area contributed by atoms with Crippen LogP contribution in [-0.4, -0.2) is 48.4 Å². The summed E-state index contributed by atoms with van der Waals surface area (Å²) in [4.78, 5) is 17.8. The van der Waals surface area contributed by atoms with Gasteiger partial charge in [0, 0.05) is 31.1 Å². The lowest BCUT2D eigenvalue weighted by atomic mass is 9.87. The molecule has 34 heavy (non-hydrogen) atoms. The highest BCUT2D eigenvalue weighted by atomic mass is 32.1. The monoisotopic (exact) mass is 480 g/mol. The number of rotatable bonds is 5. The Balaban J connectivity index is 1.27.